The van der Waals surface area contributed by atoms with Gasteiger partial charge >= 0.3 is 5.97 Å². The van der Waals surface area contributed by atoms with E-state index in [1.54, 1.807) is 0 Å². The summed E-state index contributed by atoms with van der Waals surface area (Å²) in [5.74, 6) is -1.11. The van der Waals surface area contributed by atoms with Crippen molar-refractivity contribution in [1.29, 1.82) is 0 Å². The summed E-state index contributed by atoms with van der Waals surface area (Å²) in [4.78, 5) is 21.7. The monoisotopic (exact) mass is 200 g/mol. The van der Waals surface area contributed by atoms with E-state index in [2.05, 4.69) is 11.7 Å². The fraction of sp³-hybridized carbons (Fsp3) is 0.818. The molecule has 0 amide bonds. The maximum absolute atomic E-state index is 11.0. The van der Waals surface area contributed by atoms with Gasteiger partial charge in [-0.05, 0) is 6.42 Å². The highest BCUT2D eigenvalue weighted by atomic mass is 16.5. The van der Waals surface area contributed by atoms with Crippen molar-refractivity contribution in [2.45, 2.75) is 51.9 Å². The van der Waals surface area contributed by atoms with Crippen LogP contribution in [0, 0.1) is 0 Å². The maximum Gasteiger partial charge on any atom is 0.374 e. The molecule has 0 aliphatic carbocycles. The van der Waals surface area contributed by atoms with Crippen LogP contribution in [0.1, 0.15) is 51.9 Å². The van der Waals surface area contributed by atoms with Crippen molar-refractivity contribution in [1.82, 2.24) is 0 Å². The molecule has 0 aromatic carbocycles. The van der Waals surface area contributed by atoms with Gasteiger partial charge < -0.3 is 4.74 Å². The fourth-order valence-corrected chi connectivity index (χ4v) is 1.28. The summed E-state index contributed by atoms with van der Waals surface area (Å²) >= 11 is 0. The molecule has 0 atom stereocenters. The Morgan fingerprint density at radius 3 is 2.14 bits per heavy atom. The van der Waals surface area contributed by atoms with Crippen LogP contribution >= 0.6 is 0 Å². The molecular formula is C11H20O3. The Kier molecular flexibility index (Phi) is 8.19. The second-order valence-electron chi connectivity index (χ2n) is 3.43. The topological polar surface area (TPSA) is 43.4 Å². The van der Waals surface area contributed by atoms with Crippen molar-refractivity contribution in [3.63, 3.8) is 0 Å². The van der Waals surface area contributed by atoms with Crippen LogP contribution in [-0.4, -0.2) is 18.9 Å². The van der Waals surface area contributed by atoms with Gasteiger partial charge in [-0.1, -0.05) is 39.0 Å². The first kappa shape index (κ1) is 13.1. The van der Waals surface area contributed by atoms with Crippen LogP contribution in [0.15, 0.2) is 0 Å². The maximum atomic E-state index is 11.0. The van der Waals surface area contributed by atoms with Gasteiger partial charge in [-0.25, -0.2) is 4.79 Å². The van der Waals surface area contributed by atoms with Crippen LogP contribution in [0.25, 0.3) is 0 Å². The SMILES string of the molecule is CCCCCCCCC(=O)C(=O)OC. The lowest BCUT2D eigenvalue weighted by Crippen LogP contribution is -2.14. The first-order valence-corrected chi connectivity index (χ1v) is 5.33. The summed E-state index contributed by atoms with van der Waals surface area (Å²) in [6.45, 7) is 2.17. The van der Waals surface area contributed by atoms with Gasteiger partial charge in [-0.15, -0.1) is 0 Å². The molecule has 0 N–H and O–H groups in total. The second-order valence-corrected chi connectivity index (χ2v) is 3.43. The molecular weight excluding hydrogens is 180 g/mol. The number of rotatable bonds is 8. The molecule has 0 rings (SSSR count). The van der Waals surface area contributed by atoms with Crippen molar-refractivity contribution < 1.29 is 14.3 Å². The standard InChI is InChI=1S/C11H20O3/c1-3-4-5-6-7-8-9-10(12)11(13)14-2/h3-9H2,1-2H3. The molecule has 3 nitrogen and oxygen atoms in total. The van der Waals surface area contributed by atoms with Crippen molar-refractivity contribution in [2.24, 2.45) is 0 Å². The Hall–Kier alpha value is -0.860. The molecule has 0 spiro atoms. The minimum absolute atomic E-state index is 0.332. The Morgan fingerprint density at radius 2 is 1.57 bits per heavy atom. The van der Waals surface area contributed by atoms with Crippen LogP contribution in [0.5, 0.6) is 0 Å². The van der Waals surface area contributed by atoms with Crippen LogP contribution < -0.4 is 0 Å². The molecule has 0 saturated carbocycles. The molecule has 0 aliphatic heterocycles. The first-order valence-electron chi connectivity index (χ1n) is 5.33. The third kappa shape index (κ3) is 6.63. The van der Waals surface area contributed by atoms with Gasteiger partial charge in [0, 0.05) is 6.42 Å². The number of carbonyl (C=O) groups is 2. The van der Waals surface area contributed by atoms with Crippen molar-refractivity contribution >= 4 is 11.8 Å². The molecule has 0 saturated heterocycles. The van der Waals surface area contributed by atoms with E-state index >= 15 is 0 Å². The van der Waals surface area contributed by atoms with Gasteiger partial charge in [0.25, 0.3) is 0 Å². The average Bonchev–Trinajstić information content (AvgIpc) is 2.21. The van der Waals surface area contributed by atoms with E-state index in [4.69, 9.17) is 0 Å². The van der Waals surface area contributed by atoms with E-state index in [-0.39, 0.29) is 0 Å². The normalized spacial score (nSPS) is 9.86. The summed E-state index contributed by atoms with van der Waals surface area (Å²) < 4.78 is 4.32. The summed E-state index contributed by atoms with van der Waals surface area (Å²) in [7, 11) is 1.24. The highest BCUT2D eigenvalue weighted by Crippen LogP contribution is 2.07. The van der Waals surface area contributed by atoms with Crippen molar-refractivity contribution in [3.05, 3.63) is 0 Å². The Morgan fingerprint density at radius 1 is 1.00 bits per heavy atom. The van der Waals surface area contributed by atoms with E-state index in [9.17, 15) is 9.59 Å². The fourth-order valence-electron chi connectivity index (χ4n) is 1.28. The quantitative estimate of drug-likeness (QED) is 0.343. The van der Waals surface area contributed by atoms with Crippen molar-refractivity contribution in [3.8, 4) is 0 Å². The lowest BCUT2D eigenvalue weighted by Gasteiger charge is -1.99. The molecule has 82 valence electrons. The molecule has 0 unspecified atom stereocenters. The molecule has 0 bridgehead atoms. The van der Waals surface area contributed by atoms with Crippen molar-refractivity contribution in [2.75, 3.05) is 7.11 Å². The number of hydrogen-bond donors (Lipinski definition) is 0. The Labute approximate surface area is 85.8 Å². The molecule has 0 fully saturated rings. The Bertz CT molecular complexity index is 175. The minimum atomic E-state index is -0.710. The van der Waals surface area contributed by atoms with Crippen LogP contribution in [0.3, 0.4) is 0 Å². The van der Waals surface area contributed by atoms with E-state index in [0.29, 0.717) is 6.42 Å². The highest BCUT2D eigenvalue weighted by Gasteiger charge is 2.12. The van der Waals surface area contributed by atoms with Gasteiger partial charge in [0.15, 0.2) is 0 Å². The second kappa shape index (κ2) is 8.73. The summed E-state index contributed by atoms with van der Waals surface area (Å²) in [5, 5.41) is 0. The van der Waals surface area contributed by atoms with Gasteiger partial charge in [0.2, 0.25) is 5.78 Å². The summed E-state index contributed by atoms with van der Waals surface area (Å²) in [6.07, 6.45) is 7.02. The van der Waals surface area contributed by atoms with Gasteiger partial charge in [-0.2, -0.15) is 0 Å². The smallest absolute Gasteiger partial charge is 0.374 e. The zero-order valence-electron chi connectivity index (χ0n) is 9.17. The Balaban J connectivity index is 3.27. The summed E-state index contributed by atoms with van der Waals surface area (Å²) in [5.41, 5.74) is 0. The molecule has 0 aromatic heterocycles. The zero-order chi connectivity index (χ0) is 10.8. The zero-order valence-corrected chi connectivity index (χ0v) is 9.17. The number of ether oxygens (including phenoxy) is 1. The molecule has 0 aliphatic rings. The predicted molar refractivity (Wildman–Crippen MR) is 55.0 cm³/mol. The van der Waals surface area contributed by atoms with E-state index in [1.165, 1.54) is 26.4 Å². The molecule has 14 heavy (non-hydrogen) atoms. The number of ketones is 1. The molecule has 0 aromatic rings. The minimum Gasteiger partial charge on any atom is -0.463 e. The van der Waals surface area contributed by atoms with Gasteiger partial charge in [-0.3, -0.25) is 4.79 Å². The third-order valence-corrected chi connectivity index (χ3v) is 2.17. The molecule has 0 radical (unpaired) electrons. The lowest BCUT2D eigenvalue weighted by molar-refractivity contribution is -0.151. The first-order chi connectivity index (χ1) is 6.72. The highest BCUT2D eigenvalue weighted by molar-refractivity contribution is 6.33. The van der Waals surface area contributed by atoms with E-state index in [1.807, 2.05) is 0 Å². The van der Waals surface area contributed by atoms with E-state index in [0.717, 1.165) is 19.3 Å². The summed E-state index contributed by atoms with van der Waals surface area (Å²) in [6, 6.07) is 0. The van der Waals surface area contributed by atoms with Gasteiger partial charge in [0.05, 0.1) is 7.11 Å². The van der Waals surface area contributed by atoms with Crippen LogP contribution in [0.4, 0.5) is 0 Å². The average molecular weight is 200 g/mol. The van der Waals surface area contributed by atoms with Gasteiger partial charge in [0.1, 0.15) is 0 Å². The van der Waals surface area contributed by atoms with E-state index < -0.39 is 11.8 Å². The number of methoxy groups -OCH3 is 1. The third-order valence-electron chi connectivity index (χ3n) is 2.17. The lowest BCUT2D eigenvalue weighted by atomic mass is 10.1. The largest absolute Gasteiger partial charge is 0.463 e. The van der Waals surface area contributed by atoms with Crippen LogP contribution in [0.2, 0.25) is 0 Å². The number of carbonyl (C=O) groups excluding carboxylic acids is 2. The van der Waals surface area contributed by atoms with Crippen LogP contribution in [-0.2, 0) is 14.3 Å². The number of esters is 1. The number of hydrogen-bond acceptors (Lipinski definition) is 3. The predicted octanol–water partition coefficient (Wildman–Crippen LogP) is 2.48. The molecule has 3 heteroatoms. The number of Topliss-reactive ketones (excluding diaryl/α,β-unsaturated/α-hetero) is 1. The number of unbranched alkanes of at least 4 members (excludes halogenated alkanes) is 5. The molecule has 0 heterocycles.